The first-order valence-electron chi connectivity index (χ1n) is 3.72. The van der Waals surface area contributed by atoms with Crippen LogP contribution in [0.25, 0.3) is 0 Å². The van der Waals surface area contributed by atoms with Gasteiger partial charge in [0, 0.05) is 6.07 Å². The predicted octanol–water partition coefficient (Wildman–Crippen LogP) is 1.28. The van der Waals surface area contributed by atoms with Gasteiger partial charge in [-0.15, -0.1) is 0 Å². The van der Waals surface area contributed by atoms with Crippen LogP contribution in [0.1, 0.15) is 5.56 Å². The van der Waals surface area contributed by atoms with Crippen LogP contribution in [0.5, 0.6) is 0 Å². The molecule has 0 unspecified atom stereocenters. The molecule has 0 saturated carbocycles. The van der Waals surface area contributed by atoms with Crippen LogP contribution < -0.4 is 5.73 Å². The van der Waals surface area contributed by atoms with Gasteiger partial charge >= 0.3 is 0 Å². The molecule has 0 heterocycles. The Morgan fingerprint density at radius 3 is 2.71 bits per heavy atom. The number of benzene rings is 1. The Hall–Kier alpha value is -1.62. The van der Waals surface area contributed by atoms with E-state index in [0.29, 0.717) is 5.56 Å². The second kappa shape index (κ2) is 4.06. The zero-order valence-electron chi connectivity index (χ0n) is 7.07. The molecule has 0 bridgehead atoms. The van der Waals surface area contributed by atoms with E-state index in [1.165, 1.54) is 18.2 Å². The maximum atomic E-state index is 10.6. The largest absolute Gasteiger partial charge is 0.369 e. The Labute approximate surface area is 84.6 Å². The van der Waals surface area contributed by atoms with Gasteiger partial charge in [-0.25, -0.2) is 0 Å². The van der Waals surface area contributed by atoms with Crippen molar-refractivity contribution in [1.82, 2.24) is 0 Å². The number of amides is 1. The minimum atomic E-state index is -0.604. The number of rotatable bonds is 3. The molecule has 0 atom stereocenters. The van der Waals surface area contributed by atoms with E-state index < -0.39 is 10.8 Å². The van der Waals surface area contributed by atoms with Gasteiger partial charge in [-0.3, -0.25) is 14.9 Å². The Morgan fingerprint density at radius 1 is 1.57 bits per heavy atom. The van der Waals surface area contributed by atoms with Crippen molar-refractivity contribution in [2.45, 2.75) is 6.42 Å². The van der Waals surface area contributed by atoms with Crippen molar-refractivity contribution >= 4 is 23.2 Å². The summed E-state index contributed by atoms with van der Waals surface area (Å²) in [6, 6.07) is 4.14. The fraction of sp³-hybridized carbons (Fsp3) is 0.125. The number of carbonyl (C=O) groups is 1. The fourth-order valence-corrected chi connectivity index (χ4v) is 1.20. The fourth-order valence-electron chi connectivity index (χ4n) is 1.01. The summed E-state index contributed by atoms with van der Waals surface area (Å²) < 4.78 is 0. The second-order valence-corrected chi connectivity index (χ2v) is 3.09. The van der Waals surface area contributed by atoms with Crippen molar-refractivity contribution in [2.24, 2.45) is 5.73 Å². The number of nitrogens with zero attached hydrogens (tertiary/aromatic N) is 1. The first-order chi connectivity index (χ1) is 6.50. The van der Waals surface area contributed by atoms with E-state index in [-0.39, 0.29) is 17.1 Å². The molecule has 0 fully saturated rings. The van der Waals surface area contributed by atoms with Crippen LogP contribution in [-0.4, -0.2) is 10.8 Å². The van der Waals surface area contributed by atoms with Crippen molar-refractivity contribution in [2.75, 3.05) is 0 Å². The van der Waals surface area contributed by atoms with Gasteiger partial charge in [0.2, 0.25) is 5.91 Å². The number of nitro benzene ring substituents is 1. The molecule has 2 N–H and O–H groups in total. The lowest BCUT2D eigenvalue weighted by Gasteiger charge is -1.99. The van der Waals surface area contributed by atoms with Gasteiger partial charge in [0.1, 0.15) is 5.02 Å². The van der Waals surface area contributed by atoms with E-state index in [4.69, 9.17) is 17.3 Å². The van der Waals surface area contributed by atoms with Crippen molar-refractivity contribution < 1.29 is 9.72 Å². The molecule has 1 amide bonds. The van der Waals surface area contributed by atoms with Gasteiger partial charge in [0.15, 0.2) is 0 Å². The number of nitro groups is 1. The summed E-state index contributed by atoms with van der Waals surface area (Å²) in [6.07, 6.45) is -0.0298. The normalized spacial score (nSPS) is 9.79. The van der Waals surface area contributed by atoms with Crippen molar-refractivity contribution in [3.8, 4) is 0 Å². The summed E-state index contributed by atoms with van der Waals surface area (Å²) in [5.74, 6) is -0.540. The van der Waals surface area contributed by atoms with Crippen molar-refractivity contribution in [3.63, 3.8) is 0 Å². The van der Waals surface area contributed by atoms with Crippen molar-refractivity contribution in [3.05, 3.63) is 38.9 Å². The number of primary amides is 1. The molecule has 0 saturated heterocycles. The second-order valence-electron chi connectivity index (χ2n) is 2.69. The lowest BCUT2D eigenvalue weighted by atomic mass is 10.1. The van der Waals surface area contributed by atoms with E-state index in [1.54, 1.807) is 0 Å². The standard InChI is InChI=1S/C8H7ClN2O3/c9-6-2-1-5(4-8(10)12)3-7(6)11(13)14/h1-3H,4H2,(H2,10,12). The smallest absolute Gasteiger partial charge is 0.288 e. The van der Waals surface area contributed by atoms with E-state index in [1.807, 2.05) is 0 Å². The minimum absolute atomic E-state index is 0.0298. The van der Waals surface area contributed by atoms with E-state index >= 15 is 0 Å². The molecule has 0 aliphatic rings. The van der Waals surface area contributed by atoms with Crippen LogP contribution in [-0.2, 0) is 11.2 Å². The minimum Gasteiger partial charge on any atom is -0.369 e. The van der Waals surface area contributed by atoms with Crippen LogP contribution in [0, 0.1) is 10.1 Å². The number of nitrogens with two attached hydrogens (primary N) is 1. The average Bonchev–Trinajstić information content (AvgIpc) is 2.07. The molecule has 5 nitrogen and oxygen atoms in total. The first-order valence-corrected chi connectivity index (χ1v) is 4.09. The molecule has 1 aromatic rings. The highest BCUT2D eigenvalue weighted by molar-refractivity contribution is 6.32. The molecule has 0 aliphatic heterocycles. The zero-order valence-corrected chi connectivity index (χ0v) is 7.82. The molecule has 6 heteroatoms. The quantitative estimate of drug-likeness (QED) is 0.607. The molecule has 0 radical (unpaired) electrons. The molecule has 1 rings (SSSR count). The lowest BCUT2D eigenvalue weighted by Crippen LogP contribution is -2.13. The zero-order chi connectivity index (χ0) is 10.7. The molecule has 0 aliphatic carbocycles. The van der Waals surface area contributed by atoms with Crippen LogP contribution in [0.2, 0.25) is 5.02 Å². The average molecular weight is 215 g/mol. The predicted molar refractivity (Wildman–Crippen MR) is 51.0 cm³/mol. The molecule has 0 spiro atoms. The van der Waals surface area contributed by atoms with Crippen molar-refractivity contribution in [1.29, 1.82) is 0 Å². The van der Waals surface area contributed by atoms with E-state index in [2.05, 4.69) is 0 Å². The Kier molecular flexibility index (Phi) is 3.03. The van der Waals surface area contributed by atoms with Gasteiger partial charge in [0.25, 0.3) is 5.69 Å². The Morgan fingerprint density at radius 2 is 2.21 bits per heavy atom. The van der Waals surface area contributed by atoms with Gasteiger partial charge in [-0.2, -0.15) is 0 Å². The maximum Gasteiger partial charge on any atom is 0.288 e. The van der Waals surface area contributed by atoms with Gasteiger partial charge in [0.05, 0.1) is 11.3 Å². The van der Waals surface area contributed by atoms with E-state index in [0.717, 1.165) is 0 Å². The third-order valence-electron chi connectivity index (χ3n) is 1.59. The van der Waals surface area contributed by atoms with Crippen LogP contribution in [0.15, 0.2) is 18.2 Å². The summed E-state index contributed by atoms with van der Waals surface area (Å²) in [7, 11) is 0. The Balaban J connectivity index is 3.06. The highest BCUT2D eigenvalue weighted by Crippen LogP contribution is 2.25. The molecule has 74 valence electrons. The lowest BCUT2D eigenvalue weighted by molar-refractivity contribution is -0.384. The molecule has 0 aromatic heterocycles. The number of halogens is 1. The van der Waals surface area contributed by atoms with Gasteiger partial charge in [-0.05, 0) is 11.6 Å². The Bertz CT molecular complexity index is 392. The molecule has 14 heavy (non-hydrogen) atoms. The highest BCUT2D eigenvalue weighted by Gasteiger charge is 2.13. The van der Waals surface area contributed by atoms with Crippen LogP contribution >= 0.6 is 11.6 Å². The summed E-state index contributed by atoms with van der Waals surface area (Å²) >= 11 is 5.57. The van der Waals surface area contributed by atoms with Crippen LogP contribution in [0.4, 0.5) is 5.69 Å². The monoisotopic (exact) mass is 214 g/mol. The SMILES string of the molecule is NC(=O)Cc1ccc(Cl)c([N+](=O)[O-])c1. The summed E-state index contributed by atoms with van der Waals surface area (Å²) in [5.41, 5.74) is 5.21. The molecule has 1 aromatic carbocycles. The highest BCUT2D eigenvalue weighted by atomic mass is 35.5. The van der Waals surface area contributed by atoms with Crippen LogP contribution in [0.3, 0.4) is 0 Å². The molecular weight excluding hydrogens is 208 g/mol. The third kappa shape index (κ3) is 2.43. The summed E-state index contributed by atoms with van der Waals surface area (Å²) in [5, 5.41) is 10.5. The van der Waals surface area contributed by atoms with Gasteiger partial charge in [-0.1, -0.05) is 17.7 Å². The number of hydrogen-bond donors (Lipinski definition) is 1. The maximum absolute atomic E-state index is 10.6. The van der Waals surface area contributed by atoms with Gasteiger partial charge < -0.3 is 5.73 Å². The van der Waals surface area contributed by atoms with E-state index in [9.17, 15) is 14.9 Å². The number of hydrogen-bond acceptors (Lipinski definition) is 3. The summed E-state index contributed by atoms with van der Waals surface area (Å²) in [4.78, 5) is 20.4. The molecular formula is C8H7ClN2O3. The number of carbonyl (C=O) groups excluding carboxylic acids is 1. The third-order valence-corrected chi connectivity index (χ3v) is 1.91. The first kappa shape index (κ1) is 10.5. The summed E-state index contributed by atoms with van der Waals surface area (Å²) in [6.45, 7) is 0. The topological polar surface area (TPSA) is 86.2 Å².